The van der Waals surface area contributed by atoms with Crippen LogP contribution in [0.25, 0.3) is 0 Å². The Balaban J connectivity index is 3.15. The van der Waals surface area contributed by atoms with E-state index in [2.05, 4.69) is 6.07 Å². The Morgan fingerprint density at radius 2 is 2.06 bits per heavy atom. The van der Waals surface area contributed by atoms with Gasteiger partial charge in [0.25, 0.3) is 0 Å². The van der Waals surface area contributed by atoms with Crippen LogP contribution in [-0.4, -0.2) is 29.4 Å². The summed E-state index contributed by atoms with van der Waals surface area (Å²) in [6.07, 6.45) is 0. The molecule has 4 nitrogen and oxygen atoms in total. The van der Waals surface area contributed by atoms with Gasteiger partial charge in [-0.05, 0) is 31.5 Å². The van der Waals surface area contributed by atoms with E-state index >= 15 is 0 Å². The molecule has 0 spiro atoms. The lowest BCUT2D eigenvalue weighted by Crippen LogP contribution is -2.34. The first-order valence-electron chi connectivity index (χ1n) is 5.65. The van der Waals surface area contributed by atoms with Crippen LogP contribution < -0.4 is 4.90 Å². The second-order valence-electron chi connectivity index (χ2n) is 4.13. The maximum Gasteiger partial charge on any atom is 0.101 e. The molecule has 17 heavy (non-hydrogen) atoms. The highest BCUT2D eigenvalue weighted by molar-refractivity contribution is 5.61. The Morgan fingerprint density at radius 1 is 1.35 bits per heavy atom. The van der Waals surface area contributed by atoms with Crippen LogP contribution in [-0.2, 0) is 6.61 Å². The summed E-state index contributed by atoms with van der Waals surface area (Å²) in [6, 6.07) is 7.63. The number of rotatable bonds is 5. The molecule has 0 radical (unpaired) electrons. The van der Waals surface area contributed by atoms with Crippen molar-refractivity contribution < 1.29 is 10.2 Å². The molecule has 0 unspecified atom stereocenters. The summed E-state index contributed by atoms with van der Waals surface area (Å²) in [5.74, 6) is 0. The van der Waals surface area contributed by atoms with Crippen LogP contribution in [0, 0.1) is 11.3 Å². The van der Waals surface area contributed by atoms with Gasteiger partial charge >= 0.3 is 0 Å². The second-order valence-corrected chi connectivity index (χ2v) is 4.13. The lowest BCUT2D eigenvalue weighted by Gasteiger charge is -2.29. The minimum Gasteiger partial charge on any atom is -0.395 e. The molecule has 0 aliphatic heterocycles. The van der Waals surface area contributed by atoms with Crippen LogP contribution in [0.2, 0.25) is 0 Å². The number of aliphatic hydroxyl groups excluding tert-OH is 2. The zero-order valence-electron chi connectivity index (χ0n) is 10.2. The van der Waals surface area contributed by atoms with Gasteiger partial charge in [-0.2, -0.15) is 5.26 Å². The van der Waals surface area contributed by atoms with Gasteiger partial charge in [-0.3, -0.25) is 0 Å². The van der Waals surface area contributed by atoms with E-state index in [4.69, 9.17) is 15.5 Å². The first kappa shape index (κ1) is 13.5. The SMILES string of the molecule is CC(C)N(CCO)c1ccc(CO)cc1C#N. The molecule has 4 heteroatoms. The highest BCUT2D eigenvalue weighted by Gasteiger charge is 2.14. The normalized spacial score (nSPS) is 10.4. The van der Waals surface area contributed by atoms with Gasteiger partial charge in [0.1, 0.15) is 6.07 Å². The van der Waals surface area contributed by atoms with Crippen molar-refractivity contribution >= 4 is 5.69 Å². The number of aliphatic hydroxyl groups is 2. The largest absolute Gasteiger partial charge is 0.395 e. The van der Waals surface area contributed by atoms with Crippen LogP contribution in [0.1, 0.15) is 25.0 Å². The van der Waals surface area contributed by atoms with Crippen molar-refractivity contribution in [3.63, 3.8) is 0 Å². The average Bonchev–Trinajstić information content (AvgIpc) is 2.35. The van der Waals surface area contributed by atoms with Crippen LogP contribution in [0.3, 0.4) is 0 Å². The van der Waals surface area contributed by atoms with Crippen molar-refractivity contribution in [3.8, 4) is 6.07 Å². The van der Waals surface area contributed by atoms with Gasteiger partial charge < -0.3 is 15.1 Å². The van der Waals surface area contributed by atoms with Gasteiger partial charge in [-0.1, -0.05) is 6.07 Å². The smallest absolute Gasteiger partial charge is 0.101 e. The zero-order valence-corrected chi connectivity index (χ0v) is 10.2. The van der Waals surface area contributed by atoms with Gasteiger partial charge in [0.2, 0.25) is 0 Å². The molecule has 0 saturated carbocycles. The van der Waals surface area contributed by atoms with Gasteiger partial charge in [0.15, 0.2) is 0 Å². The molecule has 1 aromatic carbocycles. The fourth-order valence-electron chi connectivity index (χ4n) is 1.79. The maximum absolute atomic E-state index is 9.12. The average molecular weight is 234 g/mol. The fourth-order valence-corrected chi connectivity index (χ4v) is 1.79. The minimum atomic E-state index is -0.0728. The number of nitrogens with zero attached hydrogens (tertiary/aromatic N) is 2. The molecule has 0 fully saturated rings. The van der Waals surface area contributed by atoms with Crippen LogP contribution in [0.15, 0.2) is 18.2 Å². The third kappa shape index (κ3) is 3.19. The minimum absolute atomic E-state index is 0.0464. The van der Waals surface area contributed by atoms with E-state index in [0.717, 1.165) is 11.3 Å². The van der Waals surface area contributed by atoms with Gasteiger partial charge in [0.05, 0.1) is 24.5 Å². The summed E-state index contributed by atoms with van der Waals surface area (Å²) in [6.45, 7) is 4.49. The fraction of sp³-hybridized carbons (Fsp3) is 0.462. The molecule has 1 rings (SSSR count). The van der Waals surface area contributed by atoms with Crippen molar-refractivity contribution in [3.05, 3.63) is 29.3 Å². The summed E-state index contributed by atoms with van der Waals surface area (Å²) in [7, 11) is 0. The molecule has 2 N–H and O–H groups in total. The molecule has 0 aliphatic carbocycles. The van der Waals surface area contributed by atoms with E-state index in [1.54, 1.807) is 12.1 Å². The topological polar surface area (TPSA) is 67.5 Å². The maximum atomic E-state index is 9.12. The van der Waals surface area contributed by atoms with Crippen LogP contribution >= 0.6 is 0 Å². The van der Waals surface area contributed by atoms with E-state index in [0.29, 0.717) is 12.1 Å². The second kappa shape index (κ2) is 6.24. The van der Waals surface area contributed by atoms with Crippen molar-refractivity contribution in [2.75, 3.05) is 18.1 Å². The van der Waals surface area contributed by atoms with Gasteiger partial charge in [-0.15, -0.1) is 0 Å². The first-order valence-corrected chi connectivity index (χ1v) is 5.65. The zero-order chi connectivity index (χ0) is 12.8. The molecule has 0 heterocycles. The Labute approximate surface area is 102 Å². The number of hydrogen-bond donors (Lipinski definition) is 2. The summed E-state index contributed by atoms with van der Waals surface area (Å²) in [5.41, 5.74) is 2.05. The molecular weight excluding hydrogens is 216 g/mol. The first-order chi connectivity index (χ1) is 8.13. The standard InChI is InChI=1S/C13H18N2O2/c1-10(2)15(5-6-16)13-4-3-11(9-17)7-12(13)8-14/h3-4,7,10,16-17H,5-6,9H2,1-2H3. The monoisotopic (exact) mass is 234 g/mol. The molecule has 0 amide bonds. The van der Waals surface area contributed by atoms with E-state index in [9.17, 15) is 0 Å². The summed E-state index contributed by atoms with van der Waals surface area (Å²) in [4.78, 5) is 1.97. The van der Waals surface area contributed by atoms with Crippen molar-refractivity contribution in [1.29, 1.82) is 5.26 Å². The van der Waals surface area contributed by atoms with E-state index < -0.39 is 0 Å². The molecule has 0 aliphatic rings. The molecule has 92 valence electrons. The molecule has 0 saturated heterocycles. The summed E-state index contributed by atoms with van der Waals surface area (Å²) < 4.78 is 0. The van der Waals surface area contributed by atoms with Crippen molar-refractivity contribution in [2.24, 2.45) is 0 Å². The van der Waals surface area contributed by atoms with Gasteiger partial charge in [0, 0.05) is 12.6 Å². The Kier molecular flexibility index (Phi) is 4.95. The van der Waals surface area contributed by atoms with E-state index in [1.807, 2.05) is 24.8 Å². The third-order valence-electron chi connectivity index (χ3n) is 2.64. The van der Waals surface area contributed by atoms with Gasteiger partial charge in [-0.25, -0.2) is 0 Å². The number of nitriles is 1. The number of hydrogen-bond acceptors (Lipinski definition) is 4. The molecule has 0 atom stereocenters. The summed E-state index contributed by atoms with van der Waals surface area (Å²) >= 11 is 0. The van der Waals surface area contributed by atoms with E-state index in [1.165, 1.54) is 0 Å². The number of anilines is 1. The highest BCUT2D eigenvalue weighted by Crippen LogP contribution is 2.23. The van der Waals surface area contributed by atoms with Crippen LogP contribution in [0.5, 0.6) is 0 Å². The molecular formula is C13H18N2O2. The molecule has 0 bridgehead atoms. The lowest BCUT2D eigenvalue weighted by atomic mass is 10.1. The van der Waals surface area contributed by atoms with Crippen LogP contribution in [0.4, 0.5) is 5.69 Å². The quantitative estimate of drug-likeness (QED) is 0.804. The summed E-state index contributed by atoms with van der Waals surface area (Å²) in [5, 5.41) is 27.2. The molecule has 1 aromatic rings. The molecule has 0 aromatic heterocycles. The Morgan fingerprint density at radius 3 is 2.53 bits per heavy atom. The predicted molar refractivity (Wildman–Crippen MR) is 66.6 cm³/mol. The Bertz CT molecular complexity index is 410. The number of benzene rings is 1. The van der Waals surface area contributed by atoms with Crippen molar-refractivity contribution in [2.45, 2.75) is 26.5 Å². The lowest BCUT2D eigenvalue weighted by molar-refractivity contribution is 0.281. The Hall–Kier alpha value is -1.57. The third-order valence-corrected chi connectivity index (χ3v) is 2.64. The predicted octanol–water partition coefficient (Wildman–Crippen LogP) is 1.26. The van der Waals surface area contributed by atoms with E-state index in [-0.39, 0.29) is 19.3 Å². The highest BCUT2D eigenvalue weighted by atomic mass is 16.3. The van der Waals surface area contributed by atoms with Crippen molar-refractivity contribution in [1.82, 2.24) is 0 Å².